The lowest BCUT2D eigenvalue weighted by Crippen LogP contribution is -2.28. The van der Waals surface area contributed by atoms with Gasteiger partial charge in [-0.05, 0) is 18.9 Å². The molecular weight excluding hydrogens is 328 g/mol. The first-order valence-corrected chi connectivity index (χ1v) is 8.56. The second-order valence-corrected chi connectivity index (χ2v) is 6.64. The predicted molar refractivity (Wildman–Crippen MR) is 84.9 cm³/mol. The molecule has 1 rings (SSSR count). The number of rotatable bonds is 10. The third-order valence-corrected chi connectivity index (χ3v) is 4.44. The average molecular weight is 346 g/mol. The van der Waals surface area contributed by atoms with Gasteiger partial charge in [-0.1, -0.05) is 6.92 Å². The summed E-state index contributed by atoms with van der Waals surface area (Å²) >= 11 is 0. The van der Waals surface area contributed by atoms with Crippen LogP contribution in [0.4, 0.5) is 17.1 Å². The van der Waals surface area contributed by atoms with Gasteiger partial charge in [0.15, 0.2) is 0 Å². The Morgan fingerprint density at radius 2 is 1.83 bits per heavy atom. The van der Waals surface area contributed by atoms with Crippen molar-refractivity contribution in [1.82, 2.24) is 4.72 Å². The number of nitrogens with one attached hydrogen (secondary N) is 2. The van der Waals surface area contributed by atoms with Crippen LogP contribution < -0.4 is 10.0 Å². The molecule has 0 unspecified atom stereocenters. The normalized spacial score (nSPS) is 11.2. The van der Waals surface area contributed by atoms with Crippen LogP contribution in [0.25, 0.3) is 0 Å². The van der Waals surface area contributed by atoms with Gasteiger partial charge in [0.25, 0.3) is 11.4 Å². The fourth-order valence-electron chi connectivity index (χ4n) is 1.81. The van der Waals surface area contributed by atoms with Gasteiger partial charge in [0.2, 0.25) is 10.0 Å². The van der Waals surface area contributed by atoms with E-state index in [1.54, 1.807) is 6.92 Å². The number of hydrogen-bond acceptors (Lipinski definition) is 7. The second kappa shape index (κ2) is 8.39. The molecule has 0 saturated heterocycles. The molecule has 1 aromatic carbocycles. The Balaban J connectivity index is 2.58. The molecule has 0 aromatic heterocycles. The molecule has 0 amide bonds. The zero-order valence-corrected chi connectivity index (χ0v) is 13.3. The Labute approximate surface area is 133 Å². The Hall–Kier alpha value is -2.27. The Kier molecular flexibility index (Phi) is 6.85. The maximum absolute atomic E-state index is 11.4. The van der Waals surface area contributed by atoms with E-state index in [0.717, 1.165) is 6.07 Å². The van der Waals surface area contributed by atoms with Crippen LogP contribution >= 0.6 is 0 Å². The highest BCUT2D eigenvalue weighted by atomic mass is 32.2. The molecule has 0 aliphatic rings. The van der Waals surface area contributed by atoms with Crippen molar-refractivity contribution in [2.24, 2.45) is 0 Å². The molecule has 0 bridgehead atoms. The number of hydrogen-bond donors (Lipinski definition) is 2. The summed E-state index contributed by atoms with van der Waals surface area (Å²) in [4.78, 5) is 20.2. The highest BCUT2D eigenvalue weighted by Crippen LogP contribution is 2.28. The van der Waals surface area contributed by atoms with E-state index in [4.69, 9.17) is 0 Å². The van der Waals surface area contributed by atoms with Crippen molar-refractivity contribution in [1.29, 1.82) is 0 Å². The minimum Gasteiger partial charge on any atom is -0.379 e. The van der Waals surface area contributed by atoms with Crippen molar-refractivity contribution >= 4 is 27.1 Å². The minimum atomic E-state index is -3.27. The number of nitrogens with zero attached hydrogens (tertiary/aromatic N) is 2. The van der Waals surface area contributed by atoms with Crippen LogP contribution in [0.5, 0.6) is 0 Å². The van der Waals surface area contributed by atoms with Crippen LogP contribution in [-0.4, -0.2) is 37.1 Å². The van der Waals surface area contributed by atoms with Crippen molar-refractivity contribution in [2.45, 2.75) is 19.8 Å². The summed E-state index contributed by atoms with van der Waals surface area (Å²) in [5, 5.41) is 24.4. The van der Waals surface area contributed by atoms with Gasteiger partial charge < -0.3 is 5.32 Å². The van der Waals surface area contributed by atoms with Crippen LogP contribution in [0.1, 0.15) is 19.8 Å². The number of nitro groups is 2. The number of non-ortho nitro benzene ring substituents is 1. The number of sulfonamides is 1. The summed E-state index contributed by atoms with van der Waals surface area (Å²) in [5.41, 5.74) is -0.614. The molecule has 0 spiro atoms. The molecule has 2 N–H and O–H groups in total. The lowest BCUT2D eigenvalue weighted by atomic mass is 10.2. The maximum atomic E-state index is 11.4. The highest BCUT2D eigenvalue weighted by molar-refractivity contribution is 7.89. The first-order chi connectivity index (χ1) is 10.8. The monoisotopic (exact) mass is 346 g/mol. The number of benzene rings is 1. The van der Waals surface area contributed by atoms with E-state index in [9.17, 15) is 28.6 Å². The molecule has 23 heavy (non-hydrogen) atoms. The zero-order valence-electron chi connectivity index (χ0n) is 12.5. The van der Waals surface area contributed by atoms with E-state index in [1.807, 2.05) is 0 Å². The van der Waals surface area contributed by atoms with Crippen molar-refractivity contribution in [3.8, 4) is 0 Å². The van der Waals surface area contributed by atoms with Gasteiger partial charge in [-0.2, -0.15) is 0 Å². The van der Waals surface area contributed by atoms with Crippen molar-refractivity contribution in [3.05, 3.63) is 38.4 Å². The van der Waals surface area contributed by atoms with Crippen LogP contribution in [0.2, 0.25) is 0 Å². The molecule has 0 fully saturated rings. The minimum absolute atomic E-state index is 0.0499. The van der Waals surface area contributed by atoms with E-state index in [-0.39, 0.29) is 30.2 Å². The van der Waals surface area contributed by atoms with E-state index >= 15 is 0 Å². The summed E-state index contributed by atoms with van der Waals surface area (Å²) in [6, 6.07) is 3.31. The highest BCUT2D eigenvalue weighted by Gasteiger charge is 2.19. The summed E-state index contributed by atoms with van der Waals surface area (Å²) in [6.45, 7) is 2.25. The molecule has 0 radical (unpaired) electrons. The Bertz CT molecular complexity index is 676. The molecule has 0 saturated carbocycles. The molecule has 128 valence electrons. The quantitative estimate of drug-likeness (QED) is 0.372. The largest absolute Gasteiger partial charge is 0.379 e. The molecule has 0 aliphatic heterocycles. The fraction of sp³-hybridized carbons (Fsp3) is 0.500. The summed E-state index contributed by atoms with van der Waals surface area (Å²) < 4.78 is 25.3. The predicted octanol–water partition coefficient (Wildman–Crippen LogP) is 1.63. The summed E-state index contributed by atoms with van der Waals surface area (Å²) in [5.74, 6) is 0.0499. The van der Waals surface area contributed by atoms with Gasteiger partial charge >= 0.3 is 0 Å². The third kappa shape index (κ3) is 6.16. The molecule has 11 heteroatoms. The Morgan fingerprint density at radius 3 is 2.39 bits per heavy atom. The van der Waals surface area contributed by atoms with E-state index in [1.165, 1.54) is 12.1 Å². The molecule has 0 aliphatic carbocycles. The van der Waals surface area contributed by atoms with Gasteiger partial charge in [-0.25, -0.2) is 13.1 Å². The van der Waals surface area contributed by atoms with E-state index in [0.29, 0.717) is 12.8 Å². The van der Waals surface area contributed by atoms with Gasteiger partial charge in [-0.15, -0.1) is 0 Å². The SMILES string of the molecule is CCCS(=O)(=O)NCCCNc1ccc([N+](=O)[O-])cc1[N+](=O)[O-]. The molecule has 10 nitrogen and oxygen atoms in total. The number of nitro benzene ring substituents is 2. The van der Waals surface area contributed by atoms with Crippen molar-refractivity contribution in [2.75, 3.05) is 24.2 Å². The lowest BCUT2D eigenvalue weighted by molar-refractivity contribution is -0.393. The molecular formula is C12H18N4O6S. The smallest absolute Gasteiger partial charge is 0.299 e. The maximum Gasteiger partial charge on any atom is 0.299 e. The van der Waals surface area contributed by atoms with E-state index < -0.39 is 25.6 Å². The fourth-order valence-corrected chi connectivity index (χ4v) is 2.95. The molecule has 0 heterocycles. The first kappa shape index (κ1) is 18.8. The van der Waals surface area contributed by atoms with Crippen LogP contribution in [0.3, 0.4) is 0 Å². The van der Waals surface area contributed by atoms with Crippen molar-refractivity contribution in [3.63, 3.8) is 0 Å². The Morgan fingerprint density at radius 1 is 1.13 bits per heavy atom. The molecule has 0 atom stereocenters. The van der Waals surface area contributed by atoms with Gasteiger partial charge in [-0.3, -0.25) is 20.2 Å². The summed E-state index contributed by atoms with van der Waals surface area (Å²) in [6.07, 6.45) is 0.930. The van der Waals surface area contributed by atoms with Crippen molar-refractivity contribution < 1.29 is 18.3 Å². The molecule has 1 aromatic rings. The van der Waals surface area contributed by atoms with Gasteiger partial charge in [0, 0.05) is 19.2 Å². The van der Waals surface area contributed by atoms with Crippen LogP contribution in [0.15, 0.2) is 18.2 Å². The van der Waals surface area contributed by atoms with Crippen LogP contribution in [-0.2, 0) is 10.0 Å². The number of anilines is 1. The lowest BCUT2D eigenvalue weighted by Gasteiger charge is -2.08. The summed E-state index contributed by atoms with van der Waals surface area (Å²) in [7, 11) is -3.27. The average Bonchev–Trinajstić information content (AvgIpc) is 2.46. The first-order valence-electron chi connectivity index (χ1n) is 6.91. The van der Waals surface area contributed by atoms with E-state index in [2.05, 4.69) is 10.0 Å². The van der Waals surface area contributed by atoms with Gasteiger partial charge in [0.1, 0.15) is 5.69 Å². The van der Waals surface area contributed by atoms with Gasteiger partial charge in [0.05, 0.1) is 21.7 Å². The third-order valence-electron chi connectivity index (χ3n) is 2.85. The second-order valence-electron chi connectivity index (χ2n) is 4.71. The van der Waals surface area contributed by atoms with Crippen LogP contribution in [0, 0.1) is 20.2 Å². The zero-order chi connectivity index (χ0) is 17.5. The standard InChI is InChI=1S/C12H18N4O6S/c1-2-8-23(21,22)14-7-3-6-13-11-5-4-10(15(17)18)9-12(11)16(19)20/h4-5,9,13-14H,2-3,6-8H2,1H3. The topological polar surface area (TPSA) is 144 Å².